The number of nitrogens with zero attached hydrogens (tertiary/aromatic N) is 3. The van der Waals surface area contributed by atoms with Crippen molar-refractivity contribution in [1.29, 1.82) is 0 Å². The van der Waals surface area contributed by atoms with Crippen LogP contribution < -0.4 is 5.32 Å². The Labute approximate surface area is 115 Å². The molecule has 0 saturated carbocycles. The van der Waals surface area contributed by atoms with Gasteiger partial charge < -0.3 is 15.0 Å². The second kappa shape index (κ2) is 5.83. The fourth-order valence-corrected chi connectivity index (χ4v) is 2.10. The molecule has 1 aliphatic rings. The molecular formula is C12H16N4O4. The van der Waals surface area contributed by atoms with E-state index in [1.54, 1.807) is 19.0 Å². The first kappa shape index (κ1) is 14.2. The zero-order valence-electron chi connectivity index (χ0n) is 11.3. The highest BCUT2D eigenvalue weighted by atomic mass is 16.6. The fourth-order valence-electron chi connectivity index (χ4n) is 2.10. The molecule has 1 N–H and O–H groups in total. The van der Waals surface area contributed by atoms with Crippen LogP contribution in [0.1, 0.15) is 16.8 Å². The fraction of sp³-hybridized carbons (Fsp3) is 0.500. The van der Waals surface area contributed by atoms with Crippen LogP contribution in [0.5, 0.6) is 0 Å². The predicted octanol–water partition coefficient (Wildman–Crippen LogP) is 0.892. The molecule has 8 nitrogen and oxygen atoms in total. The summed E-state index contributed by atoms with van der Waals surface area (Å²) >= 11 is 0. The summed E-state index contributed by atoms with van der Waals surface area (Å²) in [5.41, 5.74) is -0.0143. The van der Waals surface area contributed by atoms with Gasteiger partial charge in [-0.25, -0.2) is 4.98 Å². The molecule has 2 heterocycles. The van der Waals surface area contributed by atoms with E-state index in [0.29, 0.717) is 19.0 Å². The topological polar surface area (TPSA) is 97.6 Å². The van der Waals surface area contributed by atoms with Crippen molar-refractivity contribution in [3.8, 4) is 0 Å². The molecule has 0 aromatic carbocycles. The predicted molar refractivity (Wildman–Crippen MR) is 71.8 cm³/mol. The van der Waals surface area contributed by atoms with Crippen molar-refractivity contribution < 1.29 is 14.5 Å². The molecule has 1 unspecified atom stereocenters. The number of likely N-dealkylation sites (N-methyl/N-ethyl adjacent to an activating group) is 1. The molecule has 1 aliphatic heterocycles. The van der Waals surface area contributed by atoms with E-state index in [1.165, 1.54) is 6.07 Å². The zero-order valence-corrected chi connectivity index (χ0v) is 11.3. The van der Waals surface area contributed by atoms with Crippen LogP contribution in [-0.4, -0.2) is 54.1 Å². The molecule has 20 heavy (non-hydrogen) atoms. The Bertz CT molecular complexity index is 528. The minimum absolute atomic E-state index is 0.00790. The summed E-state index contributed by atoms with van der Waals surface area (Å²) in [7, 11) is 3.28. The van der Waals surface area contributed by atoms with E-state index in [9.17, 15) is 14.9 Å². The summed E-state index contributed by atoms with van der Waals surface area (Å²) in [6, 6.07) is 1.24. The SMILES string of the molecule is CNc1ncc([N+](=O)[O-])cc1C(=O)N(C)C1CCOC1. The van der Waals surface area contributed by atoms with Gasteiger partial charge in [-0.2, -0.15) is 0 Å². The van der Waals surface area contributed by atoms with Crippen LogP contribution in [0.15, 0.2) is 12.3 Å². The third kappa shape index (κ3) is 2.69. The van der Waals surface area contributed by atoms with E-state index in [0.717, 1.165) is 12.6 Å². The average Bonchev–Trinajstić information content (AvgIpc) is 2.99. The molecule has 1 aromatic heterocycles. The number of nitro groups is 1. The molecule has 1 amide bonds. The quantitative estimate of drug-likeness (QED) is 0.649. The Hall–Kier alpha value is -2.22. The lowest BCUT2D eigenvalue weighted by Crippen LogP contribution is -2.37. The molecule has 0 aliphatic carbocycles. The van der Waals surface area contributed by atoms with Crippen LogP contribution >= 0.6 is 0 Å². The maximum Gasteiger partial charge on any atom is 0.288 e. The first-order valence-corrected chi connectivity index (χ1v) is 6.21. The number of nitrogens with one attached hydrogen (secondary N) is 1. The zero-order chi connectivity index (χ0) is 14.7. The van der Waals surface area contributed by atoms with E-state index >= 15 is 0 Å². The van der Waals surface area contributed by atoms with Crippen molar-refractivity contribution in [3.63, 3.8) is 0 Å². The Morgan fingerprint density at radius 1 is 1.65 bits per heavy atom. The number of carbonyl (C=O) groups excluding carboxylic acids is 1. The number of aromatic nitrogens is 1. The molecule has 1 fully saturated rings. The lowest BCUT2D eigenvalue weighted by molar-refractivity contribution is -0.385. The third-order valence-corrected chi connectivity index (χ3v) is 3.33. The Morgan fingerprint density at radius 3 is 2.95 bits per heavy atom. The van der Waals surface area contributed by atoms with Gasteiger partial charge in [0.15, 0.2) is 0 Å². The molecule has 1 aromatic rings. The molecule has 8 heteroatoms. The molecule has 108 valence electrons. The average molecular weight is 280 g/mol. The van der Waals surface area contributed by atoms with E-state index < -0.39 is 4.92 Å². The number of hydrogen-bond donors (Lipinski definition) is 1. The normalized spacial score (nSPS) is 17.8. The van der Waals surface area contributed by atoms with E-state index in [-0.39, 0.29) is 23.2 Å². The first-order chi connectivity index (χ1) is 9.54. The molecule has 0 bridgehead atoms. The van der Waals surface area contributed by atoms with Crippen molar-refractivity contribution in [2.24, 2.45) is 0 Å². The van der Waals surface area contributed by atoms with Gasteiger partial charge in [0.05, 0.1) is 23.1 Å². The number of anilines is 1. The lowest BCUT2D eigenvalue weighted by atomic mass is 10.1. The summed E-state index contributed by atoms with van der Waals surface area (Å²) in [6.07, 6.45) is 1.89. The molecule has 0 radical (unpaired) electrons. The van der Waals surface area contributed by atoms with Gasteiger partial charge in [-0.1, -0.05) is 0 Å². The number of amides is 1. The van der Waals surface area contributed by atoms with Crippen LogP contribution in [0.25, 0.3) is 0 Å². The van der Waals surface area contributed by atoms with Crippen molar-refractivity contribution in [2.75, 3.05) is 32.6 Å². The van der Waals surface area contributed by atoms with Gasteiger partial charge in [-0.05, 0) is 6.42 Å². The highest BCUT2D eigenvalue weighted by Crippen LogP contribution is 2.22. The summed E-state index contributed by atoms with van der Waals surface area (Å²) in [6.45, 7) is 1.11. The Morgan fingerprint density at radius 2 is 2.40 bits per heavy atom. The number of ether oxygens (including phenoxy) is 1. The van der Waals surface area contributed by atoms with Crippen molar-refractivity contribution >= 4 is 17.4 Å². The van der Waals surface area contributed by atoms with Crippen LogP contribution in [0.2, 0.25) is 0 Å². The summed E-state index contributed by atoms with van der Waals surface area (Å²) in [5.74, 6) is 0.0208. The highest BCUT2D eigenvalue weighted by Gasteiger charge is 2.27. The number of hydrogen-bond acceptors (Lipinski definition) is 6. The maximum absolute atomic E-state index is 12.5. The molecule has 1 saturated heterocycles. The van der Waals surface area contributed by atoms with Crippen LogP contribution in [0.3, 0.4) is 0 Å². The van der Waals surface area contributed by atoms with Gasteiger partial charge >= 0.3 is 0 Å². The largest absolute Gasteiger partial charge is 0.379 e. The lowest BCUT2D eigenvalue weighted by Gasteiger charge is -2.23. The monoisotopic (exact) mass is 280 g/mol. The molecule has 1 atom stereocenters. The minimum Gasteiger partial charge on any atom is -0.379 e. The minimum atomic E-state index is -0.568. The van der Waals surface area contributed by atoms with Gasteiger partial charge in [0.2, 0.25) is 0 Å². The van der Waals surface area contributed by atoms with Gasteiger partial charge in [-0.15, -0.1) is 0 Å². The van der Waals surface area contributed by atoms with Gasteiger partial charge in [-0.3, -0.25) is 14.9 Å². The van der Waals surface area contributed by atoms with Crippen LogP contribution in [-0.2, 0) is 4.74 Å². The van der Waals surface area contributed by atoms with E-state index in [4.69, 9.17) is 4.74 Å². The van der Waals surface area contributed by atoms with Gasteiger partial charge in [0, 0.05) is 26.8 Å². The van der Waals surface area contributed by atoms with Crippen LogP contribution in [0, 0.1) is 10.1 Å². The summed E-state index contributed by atoms with van der Waals surface area (Å²) in [5, 5.41) is 13.6. The number of carbonyl (C=O) groups is 1. The number of rotatable bonds is 4. The molecule has 0 spiro atoms. The van der Waals surface area contributed by atoms with E-state index in [1.807, 2.05) is 0 Å². The Kier molecular flexibility index (Phi) is 4.14. The van der Waals surface area contributed by atoms with Crippen molar-refractivity contribution in [2.45, 2.75) is 12.5 Å². The smallest absolute Gasteiger partial charge is 0.288 e. The third-order valence-electron chi connectivity index (χ3n) is 3.33. The first-order valence-electron chi connectivity index (χ1n) is 6.21. The Balaban J connectivity index is 2.31. The summed E-state index contributed by atoms with van der Waals surface area (Å²) < 4.78 is 5.25. The van der Waals surface area contributed by atoms with E-state index in [2.05, 4.69) is 10.3 Å². The second-order valence-corrected chi connectivity index (χ2v) is 4.53. The molecular weight excluding hydrogens is 264 g/mol. The summed E-state index contributed by atoms with van der Waals surface area (Å²) in [4.78, 5) is 28.2. The van der Waals surface area contributed by atoms with Gasteiger partial charge in [0.1, 0.15) is 12.0 Å². The number of pyridine rings is 1. The van der Waals surface area contributed by atoms with Crippen LogP contribution in [0.4, 0.5) is 11.5 Å². The molecule has 2 rings (SSSR count). The second-order valence-electron chi connectivity index (χ2n) is 4.53. The highest BCUT2D eigenvalue weighted by molar-refractivity contribution is 5.99. The maximum atomic E-state index is 12.5. The standard InChI is InChI=1S/C12H16N4O4/c1-13-11-10(5-9(6-14-11)16(18)19)12(17)15(2)8-3-4-20-7-8/h5-6,8H,3-4,7H2,1-2H3,(H,13,14). The van der Waals surface area contributed by atoms with Gasteiger partial charge in [0.25, 0.3) is 11.6 Å². The van der Waals surface area contributed by atoms with Crippen molar-refractivity contribution in [1.82, 2.24) is 9.88 Å². The van der Waals surface area contributed by atoms with Crippen molar-refractivity contribution in [3.05, 3.63) is 27.9 Å².